The first kappa shape index (κ1) is 21.0. The SMILES string of the molecule is CCc1ccccc1NC(=O)CN(C)Cc1nc2scc(-c3ccccc3)c2c(=O)[nH]1. The van der Waals surface area contributed by atoms with Crippen LogP contribution in [0.3, 0.4) is 0 Å². The number of aryl methyl sites for hydroxylation is 1. The van der Waals surface area contributed by atoms with Crippen LogP contribution in [0.5, 0.6) is 0 Å². The molecule has 0 radical (unpaired) electrons. The highest BCUT2D eigenvalue weighted by Gasteiger charge is 2.15. The van der Waals surface area contributed by atoms with Crippen LogP contribution >= 0.6 is 11.3 Å². The molecule has 6 nitrogen and oxygen atoms in total. The summed E-state index contributed by atoms with van der Waals surface area (Å²) in [7, 11) is 1.83. The number of hydrogen-bond acceptors (Lipinski definition) is 5. The molecule has 0 saturated carbocycles. The molecular weight excluding hydrogens is 408 g/mol. The third-order valence-electron chi connectivity index (χ3n) is 5.08. The van der Waals surface area contributed by atoms with Crippen LogP contribution in [-0.4, -0.2) is 34.4 Å². The maximum Gasteiger partial charge on any atom is 0.260 e. The Balaban J connectivity index is 1.47. The Hall–Kier alpha value is -3.29. The fourth-order valence-corrected chi connectivity index (χ4v) is 4.56. The van der Waals surface area contributed by atoms with Crippen LogP contribution in [0.25, 0.3) is 21.3 Å². The monoisotopic (exact) mass is 432 g/mol. The first-order chi connectivity index (χ1) is 15.0. The van der Waals surface area contributed by atoms with E-state index in [0.717, 1.165) is 28.8 Å². The predicted molar refractivity (Wildman–Crippen MR) is 126 cm³/mol. The minimum Gasteiger partial charge on any atom is -0.325 e. The highest BCUT2D eigenvalue weighted by atomic mass is 32.1. The van der Waals surface area contributed by atoms with Crippen molar-refractivity contribution in [3.8, 4) is 11.1 Å². The van der Waals surface area contributed by atoms with Crippen LogP contribution in [0.4, 0.5) is 5.69 Å². The number of fused-ring (bicyclic) bond motifs is 1. The van der Waals surface area contributed by atoms with E-state index in [1.54, 1.807) is 0 Å². The van der Waals surface area contributed by atoms with Crippen LogP contribution in [0.15, 0.2) is 64.8 Å². The highest BCUT2D eigenvalue weighted by Crippen LogP contribution is 2.30. The molecule has 1 amide bonds. The van der Waals surface area contributed by atoms with Crippen LogP contribution < -0.4 is 10.9 Å². The predicted octanol–water partition coefficient (Wildman–Crippen LogP) is 4.28. The van der Waals surface area contributed by atoms with Gasteiger partial charge in [0, 0.05) is 16.6 Å². The number of carbonyl (C=O) groups is 1. The molecule has 0 aliphatic heterocycles. The summed E-state index contributed by atoms with van der Waals surface area (Å²) < 4.78 is 0. The zero-order chi connectivity index (χ0) is 21.8. The Bertz CT molecular complexity index is 1260. The number of para-hydroxylation sites is 1. The minimum atomic E-state index is -0.158. The van der Waals surface area contributed by atoms with Crippen LogP contribution in [-0.2, 0) is 17.8 Å². The number of rotatable bonds is 7. The first-order valence-electron chi connectivity index (χ1n) is 10.2. The van der Waals surface area contributed by atoms with E-state index in [9.17, 15) is 9.59 Å². The second-order valence-corrected chi connectivity index (χ2v) is 8.30. The molecule has 0 saturated heterocycles. The fraction of sp³-hybridized carbons (Fsp3) is 0.208. The quantitative estimate of drug-likeness (QED) is 0.457. The number of H-pyrrole nitrogens is 1. The lowest BCUT2D eigenvalue weighted by molar-refractivity contribution is -0.117. The van der Waals surface area contributed by atoms with E-state index >= 15 is 0 Å². The van der Waals surface area contributed by atoms with Gasteiger partial charge in [0.15, 0.2) is 0 Å². The summed E-state index contributed by atoms with van der Waals surface area (Å²) in [5.74, 6) is 0.442. The van der Waals surface area contributed by atoms with Gasteiger partial charge in [0.1, 0.15) is 10.7 Å². The highest BCUT2D eigenvalue weighted by molar-refractivity contribution is 7.17. The zero-order valence-corrected chi connectivity index (χ0v) is 18.3. The largest absolute Gasteiger partial charge is 0.325 e. The molecule has 0 atom stereocenters. The van der Waals surface area contributed by atoms with Gasteiger partial charge in [-0.25, -0.2) is 4.98 Å². The van der Waals surface area contributed by atoms with Crippen molar-refractivity contribution in [3.05, 3.63) is 81.7 Å². The molecule has 2 heterocycles. The summed E-state index contributed by atoms with van der Waals surface area (Å²) in [6.45, 7) is 2.62. The molecule has 2 aromatic carbocycles. The zero-order valence-electron chi connectivity index (χ0n) is 17.5. The fourth-order valence-electron chi connectivity index (χ4n) is 3.60. The first-order valence-corrected chi connectivity index (χ1v) is 11.0. The van der Waals surface area contributed by atoms with Crippen molar-refractivity contribution >= 4 is 33.1 Å². The van der Waals surface area contributed by atoms with Gasteiger partial charge < -0.3 is 10.3 Å². The number of carbonyl (C=O) groups excluding carboxylic acids is 1. The number of anilines is 1. The number of nitrogens with zero attached hydrogens (tertiary/aromatic N) is 2. The average molecular weight is 433 g/mol. The summed E-state index contributed by atoms with van der Waals surface area (Å²) in [6, 6.07) is 17.6. The summed E-state index contributed by atoms with van der Waals surface area (Å²) in [6.07, 6.45) is 0.850. The molecular formula is C24H24N4O2S. The smallest absolute Gasteiger partial charge is 0.260 e. The molecule has 0 unspecified atom stereocenters. The average Bonchev–Trinajstić information content (AvgIpc) is 3.19. The van der Waals surface area contributed by atoms with Gasteiger partial charge in [0.05, 0.1) is 18.5 Å². The van der Waals surface area contributed by atoms with Crippen molar-refractivity contribution in [1.82, 2.24) is 14.9 Å². The molecule has 2 aromatic heterocycles. The van der Waals surface area contributed by atoms with Crippen molar-refractivity contribution < 1.29 is 4.79 Å². The molecule has 0 fully saturated rings. The van der Waals surface area contributed by atoms with Gasteiger partial charge in [0.25, 0.3) is 5.56 Å². The normalized spacial score (nSPS) is 11.2. The van der Waals surface area contributed by atoms with E-state index in [1.165, 1.54) is 11.3 Å². The second-order valence-electron chi connectivity index (χ2n) is 7.44. The third kappa shape index (κ3) is 4.73. The molecule has 0 spiro atoms. The van der Waals surface area contributed by atoms with Gasteiger partial charge >= 0.3 is 0 Å². The molecule has 0 aliphatic carbocycles. The lowest BCUT2D eigenvalue weighted by atomic mass is 10.1. The number of thiophene rings is 1. The molecule has 2 N–H and O–H groups in total. The van der Waals surface area contributed by atoms with Gasteiger partial charge in [-0.3, -0.25) is 14.5 Å². The van der Waals surface area contributed by atoms with Gasteiger partial charge in [0.2, 0.25) is 5.91 Å². The molecule has 4 rings (SSSR count). The lowest BCUT2D eigenvalue weighted by Crippen LogP contribution is -2.31. The maximum absolute atomic E-state index is 12.8. The van der Waals surface area contributed by atoms with E-state index in [0.29, 0.717) is 22.6 Å². The summed E-state index contributed by atoms with van der Waals surface area (Å²) in [5, 5.41) is 5.54. The Labute approximate surface area is 184 Å². The topological polar surface area (TPSA) is 78.1 Å². The Kier molecular flexibility index (Phi) is 6.25. The Morgan fingerprint density at radius 2 is 1.87 bits per heavy atom. The van der Waals surface area contributed by atoms with E-state index < -0.39 is 0 Å². The van der Waals surface area contributed by atoms with Crippen LogP contribution in [0.1, 0.15) is 18.3 Å². The van der Waals surface area contributed by atoms with Crippen molar-refractivity contribution in [2.24, 2.45) is 0 Å². The molecule has 31 heavy (non-hydrogen) atoms. The van der Waals surface area contributed by atoms with E-state index in [1.807, 2.05) is 71.9 Å². The summed E-state index contributed by atoms with van der Waals surface area (Å²) >= 11 is 1.46. The van der Waals surface area contributed by atoms with E-state index in [4.69, 9.17) is 0 Å². The molecule has 158 valence electrons. The number of aromatic nitrogens is 2. The molecule has 0 bridgehead atoms. The summed E-state index contributed by atoms with van der Waals surface area (Å²) in [4.78, 5) is 35.3. The van der Waals surface area contributed by atoms with Crippen LogP contribution in [0, 0.1) is 0 Å². The van der Waals surface area contributed by atoms with Crippen molar-refractivity contribution in [1.29, 1.82) is 0 Å². The molecule has 0 aliphatic rings. The Morgan fingerprint density at radius 1 is 1.13 bits per heavy atom. The number of benzene rings is 2. The number of amides is 1. The van der Waals surface area contributed by atoms with Crippen molar-refractivity contribution in [2.45, 2.75) is 19.9 Å². The maximum atomic E-state index is 12.8. The Morgan fingerprint density at radius 3 is 2.65 bits per heavy atom. The van der Waals surface area contributed by atoms with Crippen LogP contribution in [0.2, 0.25) is 0 Å². The van der Waals surface area contributed by atoms with Gasteiger partial charge in [-0.1, -0.05) is 55.5 Å². The van der Waals surface area contributed by atoms with Gasteiger partial charge in [-0.2, -0.15) is 0 Å². The van der Waals surface area contributed by atoms with E-state index in [-0.39, 0.29) is 18.0 Å². The van der Waals surface area contributed by atoms with Crippen molar-refractivity contribution in [2.75, 3.05) is 18.9 Å². The van der Waals surface area contributed by atoms with Crippen molar-refractivity contribution in [3.63, 3.8) is 0 Å². The third-order valence-corrected chi connectivity index (χ3v) is 5.96. The van der Waals surface area contributed by atoms with E-state index in [2.05, 4.69) is 22.2 Å². The number of aromatic amines is 1. The number of likely N-dealkylation sites (N-methyl/N-ethyl adjacent to an activating group) is 1. The molecule has 4 aromatic rings. The lowest BCUT2D eigenvalue weighted by Gasteiger charge is -2.16. The minimum absolute atomic E-state index is 0.102. The van der Waals surface area contributed by atoms with Gasteiger partial charge in [-0.05, 0) is 30.7 Å². The van der Waals surface area contributed by atoms with Gasteiger partial charge in [-0.15, -0.1) is 11.3 Å². The summed E-state index contributed by atoms with van der Waals surface area (Å²) in [5.41, 5.74) is 3.67. The standard InChI is InChI=1S/C24H24N4O2S/c1-3-16-9-7-8-12-19(16)25-21(29)14-28(2)13-20-26-23(30)22-18(15-31-24(22)27-20)17-10-5-4-6-11-17/h4-12,15H,3,13-14H2,1-2H3,(H,25,29)(H,26,27,30). The molecule has 7 heteroatoms. The second kappa shape index (κ2) is 9.24. The number of hydrogen-bond donors (Lipinski definition) is 2. The number of nitrogens with one attached hydrogen (secondary N) is 2.